The summed E-state index contributed by atoms with van der Waals surface area (Å²) in [4.78, 5) is 30.6. The predicted octanol–water partition coefficient (Wildman–Crippen LogP) is 2.96. The van der Waals surface area contributed by atoms with Crippen LogP contribution in [0.4, 0.5) is 14.5 Å². The normalized spacial score (nSPS) is 16.9. The molecule has 3 aromatic rings. The van der Waals surface area contributed by atoms with Crippen molar-refractivity contribution in [1.29, 1.82) is 0 Å². The van der Waals surface area contributed by atoms with Crippen LogP contribution in [0.3, 0.4) is 0 Å². The topological polar surface area (TPSA) is 121 Å². The molecule has 1 aliphatic heterocycles. The summed E-state index contributed by atoms with van der Waals surface area (Å²) in [5.41, 5.74) is 5.73. The average molecular weight is 473 g/mol. The highest BCUT2D eigenvalue weighted by Crippen LogP contribution is 2.21. The second-order valence-electron chi connectivity index (χ2n) is 7.59. The molecule has 180 valence electrons. The lowest BCUT2D eigenvalue weighted by Gasteiger charge is -2.11. The highest BCUT2D eigenvalue weighted by Gasteiger charge is 2.28. The van der Waals surface area contributed by atoms with Gasteiger partial charge in [-0.2, -0.15) is 4.39 Å². The molecule has 34 heavy (non-hydrogen) atoms. The lowest BCUT2D eigenvalue weighted by molar-refractivity contribution is -0.126. The van der Waals surface area contributed by atoms with Crippen molar-refractivity contribution in [1.82, 2.24) is 14.5 Å². The first-order valence-electron chi connectivity index (χ1n) is 10.5. The number of aryl methyl sites for hydroxylation is 1. The molecule has 0 bridgehead atoms. The van der Waals surface area contributed by atoms with Crippen molar-refractivity contribution < 1.29 is 27.8 Å². The SMILES string of the molecule is CC1CCC(C(=O)Nc2ccnc(C(N)=O)c2)O1.Cn1ccnc1COc1cccc(F)c1F. The Morgan fingerprint density at radius 1 is 1.24 bits per heavy atom. The zero-order valence-electron chi connectivity index (χ0n) is 18.7. The largest absolute Gasteiger partial charge is 0.482 e. The fraction of sp³-hybridized carbons (Fsp3) is 0.304. The van der Waals surface area contributed by atoms with Crippen LogP contribution in [0.2, 0.25) is 0 Å². The van der Waals surface area contributed by atoms with Crippen LogP contribution in [0.5, 0.6) is 5.75 Å². The van der Waals surface area contributed by atoms with Crippen molar-refractivity contribution in [2.24, 2.45) is 12.8 Å². The number of hydrogen-bond donors (Lipinski definition) is 2. The van der Waals surface area contributed by atoms with Gasteiger partial charge >= 0.3 is 0 Å². The van der Waals surface area contributed by atoms with E-state index in [1.807, 2.05) is 6.92 Å². The summed E-state index contributed by atoms with van der Waals surface area (Å²) < 4.78 is 38.4. The summed E-state index contributed by atoms with van der Waals surface area (Å²) in [6.07, 6.45) is 6.06. The van der Waals surface area contributed by atoms with Crippen LogP contribution in [0.25, 0.3) is 0 Å². The number of hydrogen-bond acceptors (Lipinski definition) is 6. The van der Waals surface area contributed by atoms with E-state index in [1.54, 1.807) is 30.1 Å². The van der Waals surface area contributed by atoms with Crippen LogP contribution in [-0.2, 0) is 23.2 Å². The zero-order valence-corrected chi connectivity index (χ0v) is 18.7. The number of nitrogens with zero attached hydrogens (tertiary/aromatic N) is 3. The Balaban J connectivity index is 0.000000192. The number of benzene rings is 1. The molecule has 2 atom stereocenters. The number of nitrogens with two attached hydrogens (primary N) is 1. The number of rotatable bonds is 6. The van der Waals surface area contributed by atoms with Crippen molar-refractivity contribution in [3.63, 3.8) is 0 Å². The number of amides is 2. The first kappa shape index (κ1) is 24.8. The maximum absolute atomic E-state index is 13.2. The fourth-order valence-electron chi connectivity index (χ4n) is 3.13. The number of anilines is 1. The Morgan fingerprint density at radius 3 is 2.68 bits per heavy atom. The third-order valence-corrected chi connectivity index (χ3v) is 5.00. The smallest absolute Gasteiger partial charge is 0.267 e. The predicted molar refractivity (Wildman–Crippen MR) is 119 cm³/mol. The molecule has 0 aliphatic carbocycles. The van der Waals surface area contributed by atoms with Gasteiger partial charge in [-0.15, -0.1) is 0 Å². The number of primary amides is 1. The minimum Gasteiger partial charge on any atom is -0.482 e. The summed E-state index contributed by atoms with van der Waals surface area (Å²) in [7, 11) is 1.80. The van der Waals surface area contributed by atoms with Crippen LogP contribution < -0.4 is 15.8 Å². The molecule has 3 heterocycles. The highest BCUT2D eigenvalue weighted by atomic mass is 19.2. The zero-order chi connectivity index (χ0) is 24.7. The van der Waals surface area contributed by atoms with Gasteiger partial charge in [-0.1, -0.05) is 6.07 Å². The van der Waals surface area contributed by atoms with Gasteiger partial charge in [0.05, 0.1) is 6.10 Å². The van der Waals surface area contributed by atoms with Gasteiger partial charge < -0.3 is 25.1 Å². The van der Waals surface area contributed by atoms with Gasteiger partial charge in [0.2, 0.25) is 5.82 Å². The minimum atomic E-state index is -0.975. The van der Waals surface area contributed by atoms with Gasteiger partial charge in [-0.3, -0.25) is 14.6 Å². The molecule has 2 aromatic heterocycles. The third-order valence-electron chi connectivity index (χ3n) is 5.00. The molecule has 2 amide bonds. The summed E-state index contributed by atoms with van der Waals surface area (Å²) in [6, 6.07) is 6.86. The Bertz CT molecular complexity index is 1150. The molecule has 0 saturated carbocycles. The van der Waals surface area contributed by atoms with E-state index in [-0.39, 0.29) is 30.1 Å². The lowest BCUT2D eigenvalue weighted by Crippen LogP contribution is -2.28. The van der Waals surface area contributed by atoms with Crippen molar-refractivity contribution in [2.45, 2.75) is 38.6 Å². The first-order valence-corrected chi connectivity index (χ1v) is 10.5. The van der Waals surface area contributed by atoms with Gasteiger partial charge in [0.15, 0.2) is 11.6 Å². The summed E-state index contributed by atoms with van der Waals surface area (Å²) in [6.45, 7) is 2.04. The van der Waals surface area contributed by atoms with E-state index >= 15 is 0 Å². The van der Waals surface area contributed by atoms with Crippen molar-refractivity contribution in [3.05, 3.63) is 72.1 Å². The summed E-state index contributed by atoms with van der Waals surface area (Å²) in [5.74, 6) is -2.20. The molecule has 3 N–H and O–H groups in total. The van der Waals surface area contributed by atoms with E-state index < -0.39 is 23.6 Å². The first-order chi connectivity index (χ1) is 16.2. The van der Waals surface area contributed by atoms with E-state index in [0.29, 0.717) is 17.9 Å². The molecule has 11 heteroatoms. The molecule has 4 rings (SSSR count). The molecule has 1 aromatic carbocycles. The number of carbonyl (C=O) groups excluding carboxylic acids is 2. The molecule has 0 spiro atoms. The van der Waals surface area contributed by atoms with E-state index in [2.05, 4.69) is 15.3 Å². The number of carbonyl (C=O) groups is 2. The standard InChI is InChI=1S/C12H15N3O3.C11H10F2N2O/c1-7-2-3-10(18-7)12(17)15-8-4-5-14-9(6-8)11(13)16;1-15-6-5-14-10(15)7-16-9-4-2-3-8(12)11(9)13/h4-7,10H,2-3H2,1H3,(H2,13,16)(H,14,15,17);2-6H,7H2,1H3. The highest BCUT2D eigenvalue weighted by molar-refractivity contribution is 5.96. The van der Waals surface area contributed by atoms with Gasteiger partial charge in [-0.25, -0.2) is 9.37 Å². The number of nitrogens with one attached hydrogen (secondary N) is 1. The van der Waals surface area contributed by atoms with Crippen LogP contribution in [0, 0.1) is 11.6 Å². The fourth-order valence-corrected chi connectivity index (χ4v) is 3.13. The van der Waals surface area contributed by atoms with Crippen molar-refractivity contribution in [2.75, 3.05) is 5.32 Å². The molecule has 9 nitrogen and oxygen atoms in total. The number of aromatic nitrogens is 3. The van der Waals surface area contributed by atoms with E-state index in [4.69, 9.17) is 15.2 Å². The number of pyridine rings is 1. The Hall–Kier alpha value is -3.86. The van der Waals surface area contributed by atoms with Gasteiger partial charge in [0.25, 0.3) is 11.8 Å². The van der Waals surface area contributed by atoms with Crippen LogP contribution >= 0.6 is 0 Å². The second kappa shape index (κ2) is 11.3. The molecule has 0 radical (unpaired) electrons. The Kier molecular flexibility index (Phi) is 8.25. The van der Waals surface area contributed by atoms with Gasteiger partial charge in [0, 0.05) is 31.3 Å². The monoisotopic (exact) mass is 473 g/mol. The number of imidazole rings is 1. The van der Waals surface area contributed by atoms with Crippen molar-refractivity contribution in [3.8, 4) is 5.75 Å². The van der Waals surface area contributed by atoms with Gasteiger partial charge in [0.1, 0.15) is 24.2 Å². The van der Waals surface area contributed by atoms with E-state index in [0.717, 1.165) is 12.5 Å². The molecule has 1 saturated heterocycles. The van der Waals surface area contributed by atoms with Gasteiger partial charge in [-0.05, 0) is 44.0 Å². The summed E-state index contributed by atoms with van der Waals surface area (Å²) in [5, 5.41) is 2.69. The number of ether oxygens (including phenoxy) is 2. The van der Waals surface area contributed by atoms with Crippen LogP contribution in [0.15, 0.2) is 48.9 Å². The molecule has 1 fully saturated rings. The molecule has 1 aliphatic rings. The van der Waals surface area contributed by atoms with Crippen LogP contribution in [0.1, 0.15) is 36.1 Å². The average Bonchev–Trinajstić information content (AvgIpc) is 3.43. The Labute approximate surface area is 194 Å². The molecule has 2 unspecified atom stereocenters. The van der Waals surface area contributed by atoms with E-state index in [9.17, 15) is 18.4 Å². The minimum absolute atomic E-state index is 0.101. The number of halogens is 2. The molecular weight excluding hydrogens is 448 g/mol. The maximum Gasteiger partial charge on any atom is 0.267 e. The van der Waals surface area contributed by atoms with Crippen LogP contribution in [-0.4, -0.2) is 38.6 Å². The third kappa shape index (κ3) is 6.58. The second-order valence-corrected chi connectivity index (χ2v) is 7.59. The molecular formula is C23H25F2N5O4. The maximum atomic E-state index is 13.2. The van der Waals surface area contributed by atoms with Crippen molar-refractivity contribution >= 4 is 17.5 Å². The summed E-state index contributed by atoms with van der Waals surface area (Å²) >= 11 is 0. The quantitative estimate of drug-likeness (QED) is 0.568. The van der Waals surface area contributed by atoms with E-state index in [1.165, 1.54) is 24.4 Å². The Morgan fingerprint density at radius 2 is 2.03 bits per heavy atom. The lowest BCUT2D eigenvalue weighted by atomic mass is 10.2.